The maximum Gasteiger partial charge on any atom is 0.251 e. The van der Waals surface area contributed by atoms with Gasteiger partial charge in [-0.25, -0.2) is 0 Å². The summed E-state index contributed by atoms with van der Waals surface area (Å²) in [6.45, 7) is 2.76. The SMILES string of the molecule is Cl.O=C(NCC1CCNC1)c1ccc(Br)c(Cl)c1. The minimum atomic E-state index is -0.0636. The summed E-state index contributed by atoms with van der Waals surface area (Å²) in [5, 5.41) is 6.76. The molecule has 18 heavy (non-hydrogen) atoms. The number of hydrogen-bond acceptors (Lipinski definition) is 2. The first kappa shape index (κ1) is 15.8. The maximum absolute atomic E-state index is 11.9. The number of benzene rings is 1. The summed E-state index contributed by atoms with van der Waals surface area (Å²) in [5.41, 5.74) is 0.601. The van der Waals surface area contributed by atoms with Crippen LogP contribution in [0.15, 0.2) is 22.7 Å². The molecule has 100 valence electrons. The first-order valence-electron chi connectivity index (χ1n) is 5.61. The van der Waals surface area contributed by atoms with Gasteiger partial charge in [0.05, 0.1) is 5.02 Å². The molecule has 0 saturated carbocycles. The third-order valence-corrected chi connectivity index (χ3v) is 4.13. The largest absolute Gasteiger partial charge is 0.352 e. The zero-order valence-electron chi connectivity index (χ0n) is 9.71. The van der Waals surface area contributed by atoms with Crippen LogP contribution in [0.5, 0.6) is 0 Å². The van der Waals surface area contributed by atoms with Crippen molar-refractivity contribution in [3.63, 3.8) is 0 Å². The molecule has 1 fully saturated rings. The van der Waals surface area contributed by atoms with Gasteiger partial charge < -0.3 is 10.6 Å². The molecule has 0 radical (unpaired) electrons. The van der Waals surface area contributed by atoms with Crippen molar-refractivity contribution in [1.82, 2.24) is 10.6 Å². The minimum absolute atomic E-state index is 0. The molecular formula is C12H15BrCl2N2O. The summed E-state index contributed by atoms with van der Waals surface area (Å²) in [5.74, 6) is 0.483. The fraction of sp³-hybridized carbons (Fsp3) is 0.417. The van der Waals surface area contributed by atoms with E-state index in [1.165, 1.54) is 0 Å². The molecule has 2 rings (SSSR count). The molecule has 6 heteroatoms. The molecule has 1 aromatic rings. The zero-order chi connectivity index (χ0) is 12.3. The molecule has 0 bridgehead atoms. The van der Waals surface area contributed by atoms with Crippen molar-refractivity contribution in [1.29, 1.82) is 0 Å². The lowest BCUT2D eigenvalue weighted by molar-refractivity contribution is 0.0948. The van der Waals surface area contributed by atoms with Crippen molar-refractivity contribution in [2.45, 2.75) is 6.42 Å². The average molecular weight is 354 g/mol. The molecule has 1 atom stereocenters. The Hall–Kier alpha value is -0.290. The van der Waals surface area contributed by atoms with Crippen molar-refractivity contribution < 1.29 is 4.79 Å². The van der Waals surface area contributed by atoms with E-state index >= 15 is 0 Å². The van der Waals surface area contributed by atoms with Gasteiger partial charge in [-0.05, 0) is 59.6 Å². The molecule has 2 N–H and O–H groups in total. The molecule has 1 heterocycles. The van der Waals surface area contributed by atoms with Crippen LogP contribution < -0.4 is 10.6 Å². The fourth-order valence-corrected chi connectivity index (χ4v) is 2.29. The molecule has 3 nitrogen and oxygen atoms in total. The quantitative estimate of drug-likeness (QED) is 0.877. The van der Waals surface area contributed by atoms with Crippen LogP contribution in [0.3, 0.4) is 0 Å². The van der Waals surface area contributed by atoms with Crippen LogP contribution in [-0.2, 0) is 0 Å². The van der Waals surface area contributed by atoms with E-state index in [2.05, 4.69) is 26.6 Å². The van der Waals surface area contributed by atoms with E-state index in [-0.39, 0.29) is 18.3 Å². The summed E-state index contributed by atoms with van der Waals surface area (Å²) in [6, 6.07) is 5.22. The van der Waals surface area contributed by atoms with Crippen LogP contribution in [0, 0.1) is 5.92 Å². The Morgan fingerprint density at radius 1 is 1.56 bits per heavy atom. The van der Waals surface area contributed by atoms with Gasteiger partial charge in [0.1, 0.15) is 0 Å². The Bertz CT molecular complexity index is 423. The van der Waals surface area contributed by atoms with Crippen LogP contribution in [0.25, 0.3) is 0 Å². The normalized spacial score (nSPS) is 18.2. The van der Waals surface area contributed by atoms with Crippen LogP contribution in [0.2, 0.25) is 5.02 Å². The molecule has 0 aliphatic carbocycles. The number of nitrogens with one attached hydrogen (secondary N) is 2. The second-order valence-corrected chi connectivity index (χ2v) is 5.46. The van der Waals surface area contributed by atoms with E-state index in [0.717, 1.165) is 30.5 Å². The highest BCUT2D eigenvalue weighted by Crippen LogP contribution is 2.23. The second-order valence-electron chi connectivity index (χ2n) is 4.20. The van der Waals surface area contributed by atoms with Gasteiger partial charge in [0, 0.05) is 16.6 Å². The predicted octanol–water partition coefficient (Wildman–Crippen LogP) is 2.86. The lowest BCUT2D eigenvalue weighted by Gasteiger charge is -2.10. The van der Waals surface area contributed by atoms with Gasteiger partial charge in [-0.1, -0.05) is 11.6 Å². The molecule has 1 aliphatic rings. The van der Waals surface area contributed by atoms with E-state index in [0.29, 0.717) is 16.5 Å². The fourth-order valence-electron chi connectivity index (χ4n) is 1.87. The molecule has 0 aromatic heterocycles. The molecule has 1 saturated heterocycles. The third-order valence-electron chi connectivity index (χ3n) is 2.90. The number of halogens is 3. The molecule has 1 aromatic carbocycles. The van der Waals surface area contributed by atoms with Crippen LogP contribution in [0.1, 0.15) is 16.8 Å². The monoisotopic (exact) mass is 352 g/mol. The van der Waals surface area contributed by atoms with E-state index in [1.807, 2.05) is 0 Å². The molecular weight excluding hydrogens is 339 g/mol. The lowest BCUT2D eigenvalue weighted by Crippen LogP contribution is -2.30. The van der Waals surface area contributed by atoms with E-state index in [1.54, 1.807) is 18.2 Å². The van der Waals surface area contributed by atoms with Gasteiger partial charge in [-0.2, -0.15) is 0 Å². The van der Waals surface area contributed by atoms with Gasteiger partial charge in [-0.3, -0.25) is 4.79 Å². The molecule has 1 unspecified atom stereocenters. The number of rotatable bonds is 3. The van der Waals surface area contributed by atoms with Crippen LogP contribution >= 0.6 is 39.9 Å². The zero-order valence-corrected chi connectivity index (χ0v) is 12.9. The molecule has 1 amide bonds. The van der Waals surface area contributed by atoms with Crippen molar-refractivity contribution >= 4 is 45.8 Å². The standard InChI is InChI=1S/C12H14BrClN2O.ClH/c13-10-2-1-9(5-11(10)14)12(17)16-7-8-3-4-15-6-8;/h1-2,5,8,15H,3-4,6-7H2,(H,16,17);1H. The minimum Gasteiger partial charge on any atom is -0.352 e. The number of amides is 1. The summed E-state index contributed by atoms with van der Waals surface area (Å²) < 4.78 is 0.802. The first-order chi connectivity index (χ1) is 8.16. The molecule has 0 spiro atoms. The maximum atomic E-state index is 11.9. The Balaban J connectivity index is 0.00000162. The Labute approximate surface area is 126 Å². The summed E-state index contributed by atoms with van der Waals surface area (Å²) in [4.78, 5) is 11.9. The number of carbonyl (C=O) groups is 1. The Morgan fingerprint density at radius 3 is 2.94 bits per heavy atom. The summed E-state index contributed by atoms with van der Waals surface area (Å²) in [7, 11) is 0. The Morgan fingerprint density at radius 2 is 2.33 bits per heavy atom. The van der Waals surface area contributed by atoms with E-state index in [4.69, 9.17) is 11.6 Å². The van der Waals surface area contributed by atoms with Crippen LogP contribution in [-0.4, -0.2) is 25.5 Å². The topological polar surface area (TPSA) is 41.1 Å². The van der Waals surface area contributed by atoms with Gasteiger partial charge in [-0.15, -0.1) is 12.4 Å². The highest BCUT2D eigenvalue weighted by molar-refractivity contribution is 9.10. The second kappa shape index (κ2) is 7.34. The van der Waals surface area contributed by atoms with Crippen molar-refractivity contribution in [3.8, 4) is 0 Å². The number of carbonyl (C=O) groups excluding carboxylic acids is 1. The van der Waals surface area contributed by atoms with Gasteiger partial charge >= 0.3 is 0 Å². The Kier molecular flexibility index (Phi) is 6.43. The van der Waals surface area contributed by atoms with E-state index < -0.39 is 0 Å². The van der Waals surface area contributed by atoms with Crippen molar-refractivity contribution in [2.24, 2.45) is 5.92 Å². The highest BCUT2D eigenvalue weighted by atomic mass is 79.9. The van der Waals surface area contributed by atoms with Crippen molar-refractivity contribution in [3.05, 3.63) is 33.3 Å². The van der Waals surface area contributed by atoms with E-state index in [9.17, 15) is 4.79 Å². The smallest absolute Gasteiger partial charge is 0.251 e. The highest BCUT2D eigenvalue weighted by Gasteiger charge is 2.15. The first-order valence-corrected chi connectivity index (χ1v) is 6.78. The summed E-state index contributed by atoms with van der Waals surface area (Å²) in [6.07, 6.45) is 1.13. The van der Waals surface area contributed by atoms with Gasteiger partial charge in [0.25, 0.3) is 5.91 Å². The average Bonchev–Trinajstić information content (AvgIpc) is 2.82. The van der Waals surface area contributed by atoms with Gasteiger partial charge in [0.15, 0.2) is 0 Å². The molecule has 1 aliphatic heterocycles. The lowest BCUT2D eigenvalue weighted by atomic mass is 10.1. The summed E-state index contributed by atoms with van der Waals surface area (Å²) >= 11 is 9.25. The van der Waals surface area contributed by atoms with Crippen LogP contribution in [0.4, 0.5) is 0 Å². The third kappa shape index (κ3) is 4.12. The predicted molar refractivity (Wildman–Crippen MR) is 79.7 cm³/mol. The number of hydrogen-bond donors (Lipinski definition) is 2. The van der Waals surface area contributed by atoms with Gasteiger partial charge in [0.2, 0.25) is 0 Å². The van der Waals surface area contributed by atoms with Crippen molar-refractivity contribution in [2.75, 3.05) is 19.6 Å².